The van der Waals surface area contributed by atoms with Crippen molar-refractivity contribution in [1.82, 2.24) is 0 Å². The molecule has 84 valence electrons. The van der Waals surface area contributed by atoms with Gasteiger partial charge in [-0.25, -0.2) is 0 Å². The van der Waals surface area contributed by atoms with Crippen LogP contribution in [0.4, 0.5) is 0 Å². The fourth-order valence-corrected chi connectivity index (χ4v) is 4.68. The summed E-state index contributed by atoms with van der Waals surface area (Å²) in [6.07, 6.45) is 4.73. The van der Waals surface area contributed by atoms with Gasteiger partial charge in [0.2, 0.25) is 6.04 Å². The van der Waals surface area contributed by atoms with Gasteiger partial charge in [0.05, 0.1) is 0 Å². The Bertz CT molecular complexity index is 355. The van der Waals surface area contributed by atoms with E-state index in [2.05, 4.69) is 0 Å². The molecule has 0 radical (unpaired) electrons. The molecule has 2 rings (SSSR count). The lowest BCUT2D eigenvalue weighted by Crippen LogP contribution is -2.51. The van der Waals surface area contributed by atoms with Crippen LogP contribution in [0.2, 0.25) is 0 Å². The highest BCUT2D eigenvalue weighted by Gasteiger charge is 2.62. The summed E-state index contributed by atoms with van der Waals surface area (Å²) in [6.45, 7) is 3.64. The highest BCUT2D eigenvalue weighted by molar-refractivity contribution is 7.86. The van der Waals surface area contributed by atoms with Crippen LogP contribution >= 0.6 is 0 Å². The molecule has 15 heavy (non-hydrogen) atoms. The summed E-state index contributed by atoms with van der Waals surface area (Å²) in [5.41, 5.74) is 0. The second-order valence-corrected chi connectivity index (χ2v) is 6.59. The zero-order chi connectivity index (χ0) is 11.2. The van der Waals surface area contributed by atoms with E-state index >= 15 is 0 Å². The Morgan fingerprint density at radius 2 is 2.27 bits per heavy atom. The predicted molar refractivity (Wildman–Crippen MR) is 58.6 cm³/mol. The molecule has 0 spiro atoms. The van der Waals surface area contributed by atoms with Crippen molar-refractivity contribution in [2.24, 2.45) is 11.8 Å². The minimum absolute atomic E-state index is 0.00880. The van der Waals surface area contributed by atoms with Gasteiger partial charge in [-0.05, 0) is 13.3 Å². The van der Waals surface area contributed by atoms with Crippen molar-refractivity contribution in [3.63, 3.8) is 0 Å². The van der Waals surface area contributed by atoms with Crippen molar-refractivity contribution < 1.29 is 9.13 Å². The molecule has 0 heterocycles. The van der Waals surface area contributed by atoms with Crippen molar-refractivity contribution in [1.29, 1.82) is 0 Å². The molecule has 5 heteroatoms. The maximum atomic E-state index is 12.0. The van der Waals surface area contributed by atoms with Gasteiger partial charge in [-0.15, -0.1) is 0 Å². The summed E-state index contributed by atoms with van der Waals surface area (Å²) in [5.74, 6) is 0.613. The van der Waals surface area contributed by atoms with E-state index in [1.165, 1.54) is 0 Å². The van der Waals surface area contributed by atoms with E-state index in [4.69, 9.17) is 0 Å². The second kappa shape index (κ2) is 3.40. The number of fused-ring (bicyclic) bond motifs is 2. The molecule has 0 amide bonds. The Balaban J connectivity index is 2.41. The van der Waals surface area contributed by atoms with Crippen molar-refractivity contribution in [2.75, 3.05) is 5.75 Å². The van der Waals surface area contributed by atoms with Crippen molar-refractivity contribution in [3.8, 4) is 0 Å². The summed E-state index contributed by atoms with van der Waals surface area (Å²) in [5, 5.41) is 11.1. The maximum absolute atomic E-state index is 12.0. The molecule has 2 bridgehead atoms. The lowest BCUT2D eigenvalue weighted by molar-refractivity contribution is -0.531. The normalized spacial score (nSPS) is 44.5. The second-order valence-electron chi connectivity index (χ2n) is 4.44. The predicted octanol–water partition coefficient (Wildman–Crippen LogP) is 1.36. The van der Waals surface area contributed by atoms with Crippen LogP contribution in [0.25, 0.3) is 0 Å². The molecule has 0 N–H and O–H groups in total. The van der Waals surface area contributed by atoms with Crippen LogP contribution in [-0.2, 0) is 10.8 Å². The number of allylic oxidation sites excluding steroid dienone is 1. The molecule has 5 atom stereocenters. The van der Waals surface area contributed by atoms with Gasteiger partial charge in [0.15, 0.2) is 0 Å². The molecule has 1 saturated carbocycles. The van der Waals surface area contributed by atoms with Gasteiger partial charge >= 0.3 is 0 Å². The Morgan fingerprint density at radius 3 is 2.80 bits per heavy atom. The molecule has 4 nitrogen and oxygen atoms in total. The van der Waals surface area contributed by atoms with Gasteiger partial charge < -0.3 is 0 Å². The van der Waals surface area contributed by atoms with E-state index in [-0.39, 0.29) is 16.8 Å². The van der Waals surface area contributed by atoms with E-state index in [9.17, 15) is 14.3 Å². The van der Waals surface area contributed by atoms with Crippen LogP contribution in [0.15, 0.2) is 12.2 Å². The highest BCUT2D eigenvalue weighted by atomic mass is 32.2. The van der Waals surface area contributed by atoms with Gasteiger partial charge in [0.1, 0.15) is 4.75 Å². The smallest absolute Gasteiger partial charge is 0.236 e. The molecule has 0 saturated heterocycles. The molecular weight excluding hydrogens is 214 g/mol. The number of nitrogens with zero attached hydrogens (tertiary/aromatic N) is 1. The average molecular weight is 229 g/mol. The Morgan fingerprint density at radius 1 is 1.60 bits per heavy atom. The molecule has 1 fully saturated rings. The Kier molecular flexibility index (Phi) is 2.45. The molecular formula is C10H15NO3S. The molecule has 0 aliphatic heterocycles. The first-order valence-corrected chi connectivity index (χ1v) is 6.54. The largest absolute Gasteiger partial charge is 0.264 e. The number of hydrogen-bond acceptors (Lipinski definition) is 3. The number of nitro groups is 1. The quantitative estimate of drug-likeness (QED) is 0.417. The molecule has 0 aromatic heterocycles. The minimum atomic E-state index is -1.11. The van der Waals surface area contributed by atoms with Crippen LogP contribution in [0.5, 0.6) is 0 Å². The van der Waals surface area contributed by atoms with Crippen molar-refractivity contribution >= 4 is 10.8 Å². The van der Waals surface area contributed by atoms with Crippen molar-refractivity contribution in [2.45, 2.75) is 31.1 Å². The average Bonchev–Trinajstić information content (AvgIpc) is 2.74. The monoisotopic (exact) mass is 229 g/mol. The summed E-state index contributed by atoms with van der Waals surface area (Å²) in [4.78, 5) is 10.8. The maximum Gasteiger partial charge on any atom is 0.236 e. The fraction of sp³-hybridized carbons (Fsp3) is 0.800. The lowest BCUT2D eigenvalue weighted by atomic mass is 9.90. The Labute approximate surface area is 91.3 Å². The Hall–Kier alpha value is -0.710. The third-order valence-corrected chi connectivity index (χ3v) is 5.88. The zero-order valence-corrected chi connectivity index (χ0v) is 9.70. The first-order chi connectivity index (χ1) is 7.01. The molecule has 0 aromatic rings. The molecule has 2 aliphatic carbocycles. The van der Waals surface area contributed by atoms with Gasteiger partial charge in [0.25, 0.3) is 0 Å². The van der Waals surface area contributed by atoms with E-state index in [1.54, 1.807) is 0 Å². The zero-order valence-electron chi connectivity index (χ0n) is 8.88. The first-order valence-electron chi connectivity index (χ1n) is 5.22. The number of rotatable bonds is 3. The summed E-state index contributed by atoms with van der Waals surface area (Å²) in [7, 11) is -1.11. The summed E-state index contributed by atoms with van der Waals surface area (Å²) in [6, 6.07) is -0.659. The fourth-order valence-electron chi connectivity index (χ4n) is 3.01. The van der Waals surface area contributed by atoms with Crippen LogP contribution < -0.4 is 0 Å². The van der Waals surface area contributed by atoms with Crippen molar-refractivity contribution in [3.05, 3.63) is 22.3 Å². The topological polar surface area (TPSA) is 60.2 Å². The van der Waals surface area contributed by atoms with Crippen LogP contribution in [0, 0.1) is 22.0 Å². The van der Waals surface area contributed by atoms with E-state index in [1.807, 2.05) is 26.0 Å². The van der Waals surface area contributed by atoms with Crippen LogP contribution in [0.1, 0.15) is 20.3 Å². The number of hydrogen-bond donors (Lipinski definition) is 0. The van der Waals surface area contributed by atoms with Gasteiger partial charge in [-0.1, -0.05) is 19.1 Å². The summed E-state index contributed by atoms with van der Waals surface area (Å²) < 4.78 is 11.4. The van der Waals surface area contributed by atoms with E-state index < -0.39 is 21.6 Å². The molecule has 0 unspecified atom stereocenters. The van der Waals surface area contributed by atoms with Crippen LogP contribution in [-0.4, -0.2) is 25.7 Å². The van der Waals surface area contributed by atoms with Gasteiger partial charge in [0, 0.05) is 33.3 Å². The summed E-state index contributed by atoms with van der Waals surface area (Å²) >= 11 is 0. The van der Waals surface area contributed by atoms with Gasteiger partial charge in [-0.3, -0.25) is 14.3 Å². The lowest BCUT2D eigenvalue weighted by Gasteiger charge is -2.31. The third-order valence-electron chi connectivity index (χ3n) is 3.83. The third kappa shape index (κ3) is 1.29. The highest BCUT2D eigenvalue weighted by Crippen LogP contribution is 2.50. The minimum Gasteiger partial charge on any atom is -0.264 e. The standard InChI is InChI=1S/C10H15NO3S/c1-3-15(14)10(2)8-5-4-7(6-8)9(10)11(12)13/h4-5,7-9H,3,6H2,1-2H3/t7-,8+,9+,10+,15+/m1/s1. The molecule has 0 aromatic carbocycles. The SMILES string of the molecule is CC[S@](=O)[C@]1(C)[C@@H]([N+](=O)[O-])[C@@H]2C=C[C@H]1C2. The van der Waals surface area contributed by atoms with Crippen LogP contribution in [0.3, 0.4) is 0 Å². The molecule has 2 aliphatic rings. The van der Waals surface area contributed by atoms with E-state index in [0.29, 0.717) is 5.75 Å². The van der Waals surface area contributed by atoms with E-state index in [0.717, 1.165) is 6.42 Å². The first kappa shape index (κ1) is 10.8. The van der Waals surface area contributed by atoms with Gasteiger partial charge in [-0.2, -0.15) is 0 Å².